The number of cyclic esters (lactones) is 1. The van der Waals surface area contributed by atoms with E-state index in [1.165, 1.54) is 20.2 Å². The van der Waals surface area contributed by atoms with E-state index < -0.39 is 119 Å². The summed E-state index contributed by atoms with van der Waals surface area (Å²) in [4.78, 5) is 60.6. The molecule has 1 aliphatic carbocycles. The van der Waals surface area contributed by atoms with Crippen molar-refractivity contribution in [3.05, 3.63) is 39.1 Å². The molecular formula is C57H89ClN4O18. The molecule has 18 atom stereocenters. The number of pyridine rings is 1. The number of aromatic carboxylic acids is 1. The number of benzene rings is 1. The fraction of sp³-hybridized carbons (Fsp3) is 0.772. The van der Waals surface area contributed by atoms with Crippen molar-refractivity contribution in [1.82, 2.24) is 9.47 Å². The number of aliphatic hydroxyl groups is 4. The van der Waals surface area contributed by atoms with Gasteiger partial charge in [0.05, 0.1) is 83.6 Å². The fourth-order valence-electron chi connectivity index (χ4n) is 12.0. The summed E-state index contributed by atoms with van der Waals surface area (Å²) in [6.45, 7) is 19.2. The van der Waals surface area contributed by atoms with Crippen LogP contribution in [0.25, 0.3) is 10.9 Å². The zero-order valence-electron chi connectivity index (χ0n) is 49.0. The van der Waals surface area contributed by atoms with E-state index in [0.717, 1.165) is 12.8 Å². The van der Waals surface area contributed by atoms with Crippen LogP contribution in [-0.2, 0) is 52.3 Å². The van der Waals surface area contributed by atoms with Gasteiger partial charge in [-0.05, 0) is 107 Å². The van der Waals surface area contributed by atoms with E-state index in [2.05, 4.69) is 10.5 Å². The Morgan fingerprint density at radius 1 is 0.950 bits per heavy atom. The first-order chi connectivity index (χ1) is 37.5. The van der Waals surface area contributed by atoms with Gasteiger partial charge in [0.2, 0.25) is 5.43 Å². The number of likely N-dealkylation sites (N-methyl/N-ethyl adjacent to an activating group) is 1. The van der Waals surface area contributed by atoms with Crippen molar-refractivity contribution in [2.45, 2.75) is 211 Å². The Balaban J connectivity index is 1.20. The number of carboxylic acid groups (broad SMARTS) is 1. The number of aliphatic hydroxyl groups excluding tert-OH is 2. The van der Waals surface area contributed by atoms with Gasteiger partial charge in [0.15, 0.2) is 18.7 Å². The van der Waals surface area contributed by atoms with Gasteiger partial charge in [0.25, 0.3) is 0 Å². The Morgan fingerprint density at radius 3 is 2.25 bits per heavy atom. The SMILES string of the molecule is CCO/N=C1\[C@H](C)C[C@@](C)(O)[C@H](O[C@@H]2O[C@H](C)C[C@H](N(C)C)[C@H]2O)[C@@H](C)C(O[C@H]2C[C@@](C)(OC)[C@@H](OC(=O)CCOCCNc3cc4c(=O)c(C(=O)O)cn(C5CC5)c4cc3Cl)[C@H](C)O2)[C@@H](C)C(=O)O[C@H](CC)[C@@](C)(O)[C@@H](O)[C@H]1C. The van der Waals surface area contributed by atoms with Crippen molar-refractivity contribution in [2.75, 3.05) is 52.9 Å². The number of halogens is 1. The summed E-state index contributed by atoms with van der Waals surface area (Å²) in [6.07, 6.45) is -7.23. The van der Waals surface area contributed by atoms with Gasteiger partial charge in [-0.3, -0.25) is 14.4 Å². The first kappa shape index (κ1) is 65.1. The maximum atomic E-state index is 14.6. The Kier molecular flexibility index (Phi) is 22.1. The number of carbonyl (C=O) groups excluding carboxylic acids is 2. The highest BCUT2D eigenvalue weighted by atomic mass is 35.5. The van der Waals surface area contributed by atoms with Gasteiger partial charge in [-0.15, -0.1) is 0 Å². The lowest BCUT2D eigenvalue weighted by Crippen LogP contribution is -2.61. The number of methoxy groups -OCH3 is 1. The van der Waals surface area contributed by atoms with Crippen LogP contribution in [0.4, 0.5) is 5.69 Å². The minimum absolute atomic E-state index is 0.0125. The molecule has 1 saturated carbocycles. The third-order valence-electron chi connectivity index (χ3n) is 16.7. The van der Waals surface area contributed by atoms with Crippen molar-refractivity contribution in [1.29, 1.82) is 0 Å². The van der Waals surface area contributed by atoms with Gasteiger partial charge in [-0.2, -0.15) is 0 Å². The molecule has 0 bridgehead atoms. The number of carboxylic acids is 1. The van der Waals surface area contributed by atoms with Gasteiger partial charge >= 0.3 is 17.9 Å². The summed E-state index contributed by atoms with van der Waals surface area (Å²) in [5.41, 5.74) is -4.61. The minimum atomic E-state index is -1.99. The highest BCUT2D eigenvalue weighted by Gasteiger charge is 2.54. The minimum Gasteiger partial charge on any atom is -0.477 e. The van der Waals surface area contributed by atoms with Crippen LogP contribution >= 0.6 is 11.6 Å². The predicted molar refractivity (Wildman–Crippen MR) is 297 cm³/mol. The summed E-state index contributed by atoms with van der Waals surface area (Å²) in [6, 6.07) is 2.93. The Hall–Kier alpha value is -4.04. The van der Waals surface area contributed by atoms with Crippen LogP contribution in [0.2, 0.25) is 5.02 Å². The third kappa shape index (κ3) is 14.8. The lowest BCUT2D eigenvalue weighted by Gasteiger charge is -2.49. The Labute approximate surface area is 474 Å². The van der Waals surface area contributed by atoms with Crippen molar-refractivity contribution >= 4 is 51.8 Å². The van der Waals surface area contributed by atoms with Crippen LogP contribution in [0.15, 0.2) is 28.3 Å². The van der Waals surface area contributed by atoms with Gasteiger partial charge in [0.1, 0.15) is 35.6 Å². The Morgan fingerprint density at radius 2 is 1.64 bits per heavy atom. The van der Waals surface area contributed by atoms with Crippen LogP contribution in [-0.4, -0.2) is 190 Å². The van der Waals surface area contributed by atoms with E-state index in [9.17, 15) is 44.7 Å². The maximum Gasteiger partial charge on any atom is 0.341 e. The summed E-state index contributed by atoms with van der Waals surface area (Å²) >= 11 is 6.62. The lowest BCUT2D eigenvalue weighted by atomic mass is 9.73. The fourth-order valence-corrected chi connectivity index (χ4v) is 12.2. The molecule has 0 radical (unpaired) electrons. The summed E-state index contributed by atoms with van der Waals surface area (Å²) in [5.74, 6) is -6.20. The highest BCUT2D eigenvalue weighted by Crippen LogP contribution is 2.43. The monoisotopic (exact) mass is 1150 g/mol. The molecule has 4 fully saturated rings. The molecule has 1 unspecified atom stereocenters. The molecule has 3 aliphatic heterocycles. The van der Waals surface area contributed by atoms with Gasteiger partial charge < -0.3 is 83.0 Å². The van der Waals surface area contributed by atoms with Crippen LogP contribution in [0.5, 0.6) is 0 Å². The van der Waals surface area contributed by atoms with E-state index in [-0.39, 0.29) is 81.2 Å². The number of esters is 2. The Bertz CT molecular complexity index is 2540. The molecule has 0 amide bonds. The molecule has 6 rings (SSSR count). The molecule has 22 nitrogen and oxygen atoms in total. The van der Waals surface area contributed by atoms with Crippen molar-refractivity contribution in [3.63, 3.8) is 0 Å². The molecule has 1 aromatic heterocycles. The second-order valence-corrected chi connectivity index (χ2v) is 23.8. The molecule has 1 aromatic carbocycles. The zero-order chi connectivity index (χ0) is 59.3. The summed E-state index contributed by atoms with van der Waals surface area (Å²) < 4.78 is 52.3. The van der Waals surface area contributed by atoms with Crippen molar-refractivity contribution < 1.29 is 82.6 Å². The zero-order valence-corrected chi connectivity index (χ0v) is 49.8. The molecule has 452 valence electrons. The highest BCUT2D eigenvalue weighted by molar-refractivity contribution is 6.34. The number of hydrogen-bond acceptors (Lipinski definition) is 20. The number of carbonyl (C=O) groups is 3. The topological polar surface area (TPSA) is 285 Å². The molecule has 0 spiro atoms. The number of anilines is 1. The first-order valence-corrected chi connectivity index (χ1v) is 28.6. The molecule has 80 heavy (non-hydrogen) atoms. The van der Waals surface area contributed by atoms with Gasteiger partial charge in [-0.25, -0.2) is 4.79 Å². The van der Waals surface area contributed by atoms with E-state index in [1.807, 2.05) is 32.8 Å². The largest absolute Gasteiger partial charge is 0.477 e. The van der Waals surface area contributed by atoms with Crippen LogP contribution in [0.1, 0.15) is 138 Å². The number of aromatic nitrogens is 1. The summed E-state index contributed by atoms with van der Waals surface area (Å²) in [7, 11) is 5.17. The number of nitrogens with one attached hydrogen (secondary N) is 1. The van der Waals surface area contributed by atoms with E-state index in [1.54, 1.807) is 72.1 Å². The number of nitrogens with zero attached hydrogens (tertiary/aromatic N) is 3. The van der Waals surface area contributed by atoms with Crippen LogP contribution in [0.3, 0.4) is 0 Å². The second-order valence-electron chi connectivity index (χ2n) is 23.4. The van der Waals surface area contributed by atoms with E-state index in [0.29, 0.717) is 28.4 Å². The molecule has 4 aliphatic rings. The molecular weight excluding hydrogens is 1060 g/mol. The van der Waals surface area contributed by atoms with Gasteiger partial charge in [0, 0.05) is 61.5 Å². The van der Waals surface area contributed by atoms with E-state index >= 15 is 0 Å². The maximum absolute atomic E-state index is 14.6. The normalized spacial score (nSPS) is 37.3. The quantitative estimate of drug-likeness (QED) is 0.0560. The van der Waals surface area contributed by atoms with Crippen molar-refractivity contribution in [3.8, 4) is 0 Å². The molecule has 2 aromatic rings. The smallest absolute Gasteiger partial charge is 0.341 e. The number of fused-ring (bicyclic) bond motifs is 1. The lowest BCUT2D eigenvalue weighted by molar-refractivity contribution is -0.318. The molecule has 4 heterocycles. The average molecular weight is 1150 g/mol. The number of hydrogen-bond donors (Lipinski definition) is 6. The molecule has 3 saturated heterocycles. The van der Waals surface area contributed by atoms with Crippen molar-refractivity contribution in [2.24, 2.45) is 28.8 Å². The number of rotatable bonds is 19. The second kappa shape index (κ2) is 27.1. The number of oxime groups is 1. The first-order valence-electron chi connectivity index (χ1n) is 28.2. The van der Waals surface area contributed by atoms with Gasteiger partial charge in [-0.1, -0.05) is 44.5 Å². The molecule has 23 heteroatoms. The predicted octanol–water partition coefficient (Wildman–Crippen LogP) is 5.68. The van der Waals surface area contributed by atoms with Crippen LogP contribution in [0, 0.1) is 23.7 Å². The van der Waals surface area contributed by atoms with Crippen LogP contribution < -0.4 is 10.7 Å². The molecule has 6 N–H and O–H groups in total. The standard InChI is InChI=1S/C57H89ClN4O18/c1-15-42-57(11,71)49(66)31(5)45(60-74-16-2)29(3)26-55(9,70)50(80-54-47(65)41(61(12)13)23-30(4)75-54)32(6)48(33(7)53(69)77-42)79-44-27-56(10,72-14)51(34(8)76-44)78-43(63)19-21-73-22-20-59-39-24-36-40(25-38(39)58)62(35-17-18-35)28-37(46(36)64)52(67)68/h24-25,28-35,41-42,44,47-51,54,59,65-66,70-71H,15-23,26-27H2,1-14H3,(H,67,68)/b60-45+/t29-,30-,31+,32+,33-,34+,41+,42-,44+,47-,48?,49+,50-,51+,54+,55-,56-,57-/m1/s1. The number of ether oxygens (including phenoxy) is 8. The average Bonchev–Trinajstić information content (AvgIpc) is 4.27. The summed E-state index contributed by atoms with van der Waals surface area (Å²) in [5, 5.41) is 66.5. The third-order valence-corrected chi connectivity index (χ3v) is 17.0. The van der Waals surface area contributed by atoms with E-state index in [4.69, 9.17) is 54.3 Å².